The Labute approximate surface area is 124 Å². The topological polar surface area (TPSA) is 179 Å². The molecule has 8 N–H and O–H groups in total. The molecule has 2 aliphatic carbocycles. The van der Waals surface area contributed by atoms with Crippen LogP contribution in [0.1, 0.15) is 6.42 Å². The maximum atomic E-state index is 12.3. The molecule has 5 atom stereocenters. The SMILES string of the molecule is O=C(C1=CC(O)C(O)C(O)C1O)C1=C(O)C(O)=C(O)C(O)C1. The summed E-state index contributed by atoms with van der Waals surface area (Å²) in [5.74, 6) is -4.00. The number of aliphatic hydroxyl groups is 8. The van der Waals surface area contributed by atoms with E-state index in [1.807, 2.05) is 0 Å². The van der Waals surface area contributed by atoms with E-state index in [9.17, 15) is 45.6 Å². The number of rotatable bonds is 2. The van der Waals surface area contributed by atoms with Gasteiger partial charge in [0.1, 0.15) is 30.5 Å². The van der Waals surface area contributed by atoms with Crippen LogP contribution in [-0.4, -0.2) is 77.2 Å². The van der Waals surface area contributed by atoms with Crippen LogP contribution in [0, 0.1) is 0 Å². The van der Waals surface area contributed by atoms with Gasteiger partial charge in [0.2, 0.25) is 0 Å². The van der Waals surface area contributed by atoms with E-state index in [1.165, 1.54) is 0 Å². The molecule has 122 valence electrons. The molecule has 22 heavy (non-hydrogen) atoms. The van der Waals surface area contributed by atoms with E-state index in [0.717, 1.165) is 6.08 Å². The fourth-order valence-electron chi connectivity index (χ4n) is 2.35. The molecule has 0 aromatic rings. The zero-order valence-electron chi connectivity index (χ0n) is 11.2. The van der Waals surface area contributed by atoms with Crippen LogP contribution in [0.15, 0.2) is 34.5 Å². The normalized spacial score (nSPS) is 36.4. The number of carbonyl (C=O) groups is 1. The van der Waals surface area contributed by atoms with Crippen molar-refractivity contribution in [3.63, 3.8) is 0 Å². The van der Waals surface area contributed by atoms with E-state index >= 15 is 0 Å². The summed E-state index contributed by atoms with van der Waals surface area (Å²) < 4.78 is 0. The lowest BCUT2D eigenvalue weighted by Gasteiger charge is -2.32. The predicted molar refractivity (Wildman–Crippen MR) is 69.7 cm³/mol. The molecule has 0 bridgehead atoms. The fourth-order valence-corrected chi connectivity index (χ4v) is 2.35. The molecule has 0 saturated carbocycles. The lowest BCUT2D eigenvalue weighted by molar-refractivity contribution is -0.120. The smallest absolute Gasteiger partial charge is 0.199 e. The van der Waals surface area contributed by atoms with Gasteiger partial charge in [0.05, 0.1) is 0 Å². The molecule has 0 radical (unpaired) electrons. The van der Waals surface area contributed by atoms with E-state index in [2.05, 4.69) is 0 Å². The standard InChI is InChI=1S/C13H16O9/c14-5-1-3(8(17)12(21)10(5)19)7(16)4-2-6(15)11(20)13(22)9(4)18/h1,5-6,8,10,12,14-15,17-22H,2H2. The molecule has 2 rings (SSSR count). The molecule has 2 aliphatic rings. The van der Waals surface area contributed by atoms with Crippen LogP contribution in [0.2, 0.25) is 0 Å². The van der Waals surface area contributed by atoms with Crippen LogP contribution in [0.4, 0.5) is 0 Å². The molecule has 5 unspecified atom stereocenters. The number of Topliss-reactive ketones (excluding diaryl/α,β-unsaturated/α-hetero) is 1. The third-order valence-corrected chi connectivity index (χ3v) is 3.69. The molecule has 9 nitrogen and oxygen atoms in total. The molecule has 0 amide bonds. The minimum atomic E-state index is -1.83. The van der Waals surface area contributed by atoms with E-state index in [0.29, 0.717) is 0 Å². The fraction of sp³-hybridized carbons (Fsp3) is 0.462. The van der Waals surface area contributed by atoms with Crippen molar-refractivity contribution < 1.29 is 45.6 Å². The van der Waals surface area contributed by atoms with E-state index in [1.54, 1.807) is 0 Å². The van der Waals surface area contributed by atoms with Crippen LogP contribution >= 0.6 is 0 Å². The van der Waals surface area contributed by atoms with Crippen molar-refractivity contribution in [3.8, 4) is 0 Å². The summed E-state index contributed by atoms with van der Waals surface area (Å²) in [5.41, 5.74) is -1.02. The zero-order valence-corrected chi connectivity index (χ0v) is 11.2. The van der Waals surface area contributed by atoms with Gasteiger partial charge in [0.25, 0.3) is 0 Å². The van der Waals surface area contributed by atoms with Crippen molar-refractivity contribution in [1.82, 2.24) is 0 Å². The first kappa shape index (κ1) is 16.5. The van der Waals surface area contributed by atoms with Crippen LogP contribution in [0.5, 0.6) is 0 Å². The molecule has 0 aromatic heterocycles. The lowest BCUT2D eigenvalue weighted by Crippen LogP contribution is -2.50. The van der Waals surface area contributed by atoms with Gasteiger partial charge in [-0.25, -0.2) is 0 Å². The van der Waals surface area contributed by atoms with Gasteiger partial charge in [-0.2, -0.15) is 0 Å². The largest absolute Gasteiger partial charge is 0.506 e. The number of aliphatic hydroxyl groups excluding tert-OH is 8. The summed E-state index contributed by atoms with van der Waals surface area (Å²) in [6.45, 7) is 0. The summed E-state index contributed by atoms with van der Waals surface area (Å²) in [5, 5.41) is 76.2. The second-order valence-corrected chi connectivity index (χ2v) is 5.15. The van der Waals surface area contributed by atoms with E-state index in [4.69, 9.17) is 0 Å². The molecule has 0 saturated heterocycles. The number of ketones is 1. The quantitative estimate of drug-likeness (QED) is 0.282. The van der Waals surface area contributed by atoms with Gasteiger partial charge in [-0.15, -0.1) is 0 Å². The Bertz CT molecular complexity index is 588. The molecule has 0 fully saturated rings. The summed E-state index contributed by atoms with van der Waals surface area (Å²) >= 11 is 0. The summed E-state index contributed by atoms with van der Waals surface area (Å²) in [6.07, 6.45) is -8.32. The molecular formula is C13H16O9. The second kappa shape index (κ2) is 5.71. The van der Waals surface area contributed by atoms with Crippen molar-refractivity contribution in [2.24, 2.45) is 0 Å². The molecule has 0 aromatic carbocycles. The van der Waals surface area contributed by atoms with E-state index in [-0.39, 0.29) is 0 Å². The Morgan fingerprint density at radius 3 is 2.14 bits per heavy atom. The molecule has 0 aliphatic heterocycles. The highest BCUT2D eigenvalue weighted by molar-refractivity contribution is 6.10. The predicted octanol–water partition coefficient (Wildman–Crippen LogP) is -2.16. The summed E-state index contributed by atoms with van der Waals surface area (Å²) in [6, 6.07) is 0. The first-order chi connectivity index (χ1) is 10.2. The first-order valence-corrected chi connectivity index (χ1v) is 6.38. The van der Waals surface area contributed by atoms with Crippen molar-refractivity contribution >= 4 is 5.78 Å². The third-order valence-electron chi connectivity index (χ3n) is 3.69. The highest BCUT2D eigenvalue weighted by Gasteiger charge is 2.41. The average molecular weight is 316 g/mol. The zero-order chi connectivity index (χ0) is 16.8. The lowest BCUT2D eigenvalue weighted by atomic mass is 9.83. The van der Waals surface area contributed by atoms with Crippen molar-refractivity contribution in [1.29, 1.82) is 0 Å². The van der Waals surface area contributed by atoms with Gasteiger partial charge >= 0.3 is 0 Å². The van der Waals surface area contributed by atoms with Gasteiger partial charge in [-0.1, -0.05) is 0 Å². The Morgan fingerprint density at radius 2 is 1.55 bits per heavy atom. The van der Waals surface area contributed by atoms with Gasteiger partial charge in [-0.05, 0) is 6.08 Å². The highest BCUT2D eigenvalue weighted by Crippen LogP contribution is 2.31. The van der Waals surface area contributed by atoms with Crippen LogP contribution < -0.4 is 0 Å². The molecule has 9 heteroatoms. The van der Waals surface area contributed by atoms with Crippen molar-refractivity contribution in [2.45, 2.75) is 36.9 Å². The third kappa shape index (κ3) is 2.49. The summed E-state index contributed by atoms with van der Waals surface area (Å²) in [4.78, 5) is 12.3. The average Bonchev–Trinajstić information content (AvgIpc) is 2.49. The monoisotopic (exact) mass is 316 g/mol. The van der Waals surface area contributed by atoms with Crippen LogP contribution in [0.3, 0.4) is 0 Å². The maximum Gasteiger partial charge on any atom is 0.199 e. The van der Waals surface area contributed by atoms with Gasteiger partial charge < -0.3 is 40.9 Å². The van der Waals surface area contributed by atoms with Crippen molar-refractivity contribution in [2.75, 3.05) is 0 Å². The Hall–Kier alpha value is -1.91. The maximum absolute atomic E-state index is 12.3. The number of carbonyl (C=O) groups excluding carboxylic acids is 1. The van der Waals surface area contributed by atoms with E-state index < -0.39 is 71.1 Å². The van der Waals surface area contributed by atoms with Crippen LogP contribution in [-0.2, 0) is 4.79 Å². The second-order valence-electron chi connectivity index (χ2n) is 5.15. The van der Waals surface area contributed by atoms with Crippen molar-refractivity contribution in [3.05, 3.63) is 34.5 Å². The van der Waals surface area contributed by atoms with Gasteiger partial charge in [0, 0.05) is 17.6 Å². The minimum Gasteiger partial charge on any atom is -0.506 e. The van der Waals surface area contributed by atoms with Gasteiger partial charge in [0.15, 0.2) is 23.1 Å². The molecular weight excluding hydrogens is 300 g/mol. The first-order valence-electron chi connectivity index (χ1n) is 6.38. The Morgan fingerprint density at radius 1 is 0.955 bits per heavy atom. The molecule has 0 heterocycles. The number of hydrogen-bond donors (Lipinski definition) is 8. The van der Waals surface area contributed by atoms with Crippen LogP contribution in [0.25, 0.3) is 0 Å². The molecule has 0 spiro atoms. The Balaban J connectivity index is 2.42. The summed E-state index contributed by atoms with van der Waals surface area (Å²) in [7, 11) is 0. The van der Waals surface area contributed by atoms with Gasteiger partial charge in [-0.3, -0.25) is 4.79 Å². The minimum absolute atomic E-state index is 0.506. The highest BCUT2D eigenvalue weighted by atomic mass is 16.4. The Kier molecular flexibility index (Phi) is 4.27. The number of hydrogen-bond acceptors (Lipinski definition) is 9.